The van der Waals surface area contributed by atoms with E-state index in [1.807, 2.05) is 6.07 Å². The fourth-order valence-corrected chi connectivity index (χ4v) is 3.21. The summed E-state index contributed by atoms with van der Waals surface area (Å²) in [5, 5.41) is 0. The minimum atomic E-state index is 0.733. The van der Waals surface area contributed by atoms with Crippen molar-refractivity contribution in [2.24, 2.45) is 0 Å². The summed E-state index contributed by atoms with van der Waals surface area (Å²) in [7, 11) is 0. The smallest absolute Gasteiger partial charge is 0.160 e. The second-order valence-electron chi connectivity index (χ2n) is 4.05. The molecule has 0 unspecified atom stereocenters. The first-order valence-electron chi connectivity index (χ1n) is 5.45. The monoisotopic (exact) mass is 208 g/mol. The zero-order valence-corrected chi connectivity index (χ0v) is 9.19. The van der Waals surface area contributed by atoms with Crippen molar-refractivity contribution >= 4 is 17.6 Å². The van der Waals surface area contributed by atoms with Gasteiger partial charge in [0, 0.05) is 4.88 Å². The Balaban J connectivity index is 2.08. The molecule has 1 heterocycles. The number of carbonyl (C=O) groups excluding carboxylic acids is 1. The molecule has 1 aliphatic carbocycles. The Morgan fingerprint density at radius 1 is 1.14 bits per heavy atom. The van der Waals surface area contributed by atoms with Crippen LogP contribution in [0, 0.1) is 0 Å². The van der Waals surface area contributed by atoms with Gasteiger partial charge >= 0.3 is 0 Å². The van der Waals surface area contributed by atoms with Gasteiger partial charge in [-0.1, -0.05) is 25.7 Å². The maximum Gasteiger partial charge on any atom is 0.160 e. The standard InChI is InChI=1S/C12H16OS/c13-9-11-7-8-12(14-11)10-5-3-1-2-4-6-10/h7-10H,1-6H2. The molecule has 1 aromatic heterocycles. The molecule has 0 radical (unpaired) electrons. The van der Waals surface area contributed by atoms with Crippen molar-refractivity contribution in [3.63, 3.8) is 0 Å². The number of carbonyl (C=O) groups is 1. The van der Waals surface area contributed by atoms with E-state index in [1.165, 1.54) is 43.4 Å². The van der Waals surface area contributed by atoms with Crippen molar-refractivity contribution in [1.82, 2.24) is 0 Å². The highest BCUT2D eigenvalue weighted by Gasteiger charge is 2.15. The lowest BCUT2D eigenvalue weighted by Crippen LogP contribution is -1.93. The highest BCUT2D eigenvalue weighted by atomic mass is 32.1. The van der Waals surface area contributed by atoms with Crippen LogP contribution in [0.1, 0.15) is 59.0 Å². The lowest BCUT2D eigenvalue weighted by Gasteiger charge is -2.10. The predicted octanol–water partition coefficient (Wildman–Crippen LogP) is 4.00. The Morgan fingerprint density at radius 2 is 1.86 bits per heavy atom. The zero-order valence-electron chi connectivity index (χ0n) is 8.37. The van der Waals surface area contributed by atoms with Crippen molar-refractivity contribution in [3.05, 3.63) is 21.9 Å². The Labute approximate surface area is 89.1 Å². The molecule has 2 rings (SSSR count). The van der Waals surface area contributed by atoms with Crippen LogP contribution in [0.25, 0.3) is 0 Å². The van der Waals surface area contributed by atoms with Gasteiger partial charge in [0.1, 0.15) is 0 Å². The average Bonchev–Trinajstić information content (AvgIpc) is 2.53. The van der Waals surface area contributed by atoms with E-state index in [-0.39, 0.29) is 0 Å². The molecular formula is C12H16OS. The molecular weight excluding hydrogens is 192 g/mol. The third-order valence-corrected chi connectivity index (χ3v) is 4.19. The van der Waals surface area contributed by atoms with Gasteiger partial charge in [-0.15, -0.1) is 11.3 Å². The van der Waals surface area contributed by atoms with E-state index >= 15 is 0 Å². The summed E-state index contributed by atoms with van der Waals surface area (Å²) in [6.07, 6.45) is 9.10. The van der Waals surface area contributed by atoms with E-state index in [0.29, 0.717) is 0 Å². The highest BCUT2D eigenvalue weighted by molar-refractivity contribution is 7.13. The van der Waals surface area contributed by atoms with Gasteiger partial charge in [-0.25, -0.2) is 0 Å². The molecule has 76 valence electrons. The van der Waals surface area contributed by atoms with Crippen molar-refractivity contribution in [2.45, 2.75) is 44.4 Å². The summed E-state index contributed by atoms with van der Waals surface area (Å²) in [6, 6.07) is 4.10. The van der Waals surface area contributed by atoms with Crippen molar-refractivity contribution in [1.29, 1.82) is 0 Å². The zero-order chi connectivity index (χ0) is 9.80. The van der Waals surface area contributed by atoms with Crippen LogP contribution in [0.15, 0.2) is 12.1 Å². The lowest BCUT2D eigenvalue weighted by molar-refractivity contribution is 0.112. The van der Waals surface area contributed by atoms with E-state index < -0.39 is 0 Å². The molecule has 14 heavy (non-hydrogen) atoms. The fourth-order valence-electron chi connectivity index (χ4n) is 2.22. The largest absolute Gasteiger partial charge is 0.297 e. The van der Waals surface area contributed by atoms with Gasteiger partial charge in [0.05, 0.1) is 4.88 Å². The second kappa shape index (κ2) is 4.74. The minimum Gasteiger partial charge on any atom is -0.297 e. The number of hydrogen-bond donors (Lipinski definition) is 0. The van der Waals surface area contributed by atoms with Crippen molar-refractivity contribution in [3.8, 4) is 0 Å². The van der Waals surface area contributed by atoms with Gasteiger partial charge in [-0.2, -0.15) is 0 Å². The van der Waals surface area contributed by atoms with E-state index in [9.17, 15) is 4.79 Å². The van der Waals surface area contributed by atoms with Crippen LogP contribution in [-0.2, 0) is 0 Å². The van der Waals surface area contributed by atoms with Crippen LogP contribution in [0.3, 0.4) is 0 Å². The van der Waals surface area contributed by atoms with E-state index in [2.05, 4.69) is 6.07 Å². The molecule has 1 aliphatic rings. The van der Waals surface area contributed by atoms with Crippen molar-refractivity contribution in [2.75, 3.05) is 0 Å². The van der Waals surface area contributed by atoms with Crippen LogP contribution in [0.2, 0.25) is 0 Å². The molecule has 0 bridgehead atoms. The Morgan fingerprint density at radius 3 is 2.43 bits per heavy atom. The van der Waals surface area contributed by atoms with E-state index in [0.717, 1.165) is 17.1 Å². The van der Waals surface area contributed by atoms with Crippen LogP contribution in [0.5, 0.6) is 0 Å². The molecule has 0 atom stereocenters. The normalized spacial score (nSPS) is 19.1. The molecule has 1 nitrogen and oxygen atoms in total. The Kier molecular flexibility index (Phi) is 3.35. The third kappa shape index (κ3) is 2.24. The summed E-state index contributed by atoms with van der Waals surface area (Å²) < 4.78 is 0. The van der Waals surface area contributed by atoms with Gasteiger partial charge in [0.25, 0.3) is 0 Å². The van der Waals surface area contributed by atoms with E-state index in [1.54, 1.807) is 11.3 Å². The fraction of sp³-hybridized carbons (Fsp3) is 0.583. The second-order valence-corrected chi connectivity index (χ2v) is 5.19. The molecule has 0 amide bonds. The number of rotatable bonds is 2. The Hall–Kier alpha value is -0.630. The first-order valence-corrected chi connectivity index (χ1v) is 6.26. The Bertz CT molecular complexity index is 295. The molecule has 0 aromatic carbocycles. The van der Waals surface area contributed by atoms with Crippen LogP contribution in [0.4, 0.5) is 0 Å². The first-order chi connectivity index (χ1) is 6.90. The van der Waals surface area contributed by atoms with E-state index in [4.69, 9.17) is 0 Å². The van der Waals surface area contributed by atoms with Crippen LogP contribution < -0.4 is 0 Å². The van der Waals surface area contributed by atoms with Crippen LogP contribution >= 0.6 is 11.3 Å². The average molecular weight is 208 g/mol. The van der Waals surface area contributed by atoms with Crippen molar-refractivity contribution < 1.29 is 4.79 Å². The quantitative estimate of drug-likeness (QED) is 0.530. The van der Waals surface area contributed by atoms with Gasteiger partial charge in [-0.3, -0.25) is 4.79 Å². The summed E-state index contributed by atoms with van der Waals surface area (Å²) >= 11 is 1.68. The SMILES string of the molecule is O=Cc1ccc(C2CCCCCC2)s1. The molecule has 0 N–H and O–H groups in total. The summed E-state index contributed by atoms with van der Waals surface area (Å²) in [4.78, 5) is 12.9. The number of aldehydes is 1. The molecule has 0 saturated heterocycles. The lowest BCUT2D eigenvalue weighted by atomic mass is 9.99. The van der Waals surface area contributed by atoms with Crippen LogP contribution in [-0.4, -0.2) is 6.29 Å². The van der Waals surface area contributed by atoms with Gasteiger partial charge < -0.3 is 0 Å². The van der Waals surface area contributed by atoms with Gasteiger partial charge in [0.15, 0.2) is 6.29 Å². The highest BCUT2D eigenvalue weighted by Crippen LogP contribution is 2.34. The number of thiophene rings is 1. The molecule has 0 aliphatic heterocycles. The molecule has 1 saturated carbocycles. The molecule has 1 fully saturated rings. The topological polar surface area (TPSA) is 17.1 Å². The molecule has 0 spiro atoms. The number of hydrogen-bond acceptors (Lipinski definition) is 2. The summed E-state index contributed by atoms with van der Waals surface area (Å²) in [5.41, 5.74) is 0. The molecule has 1 aromatic rings. The first kappa shape index (κ1) is 9.91. The maximum atomic E-state index is 10.6. The van der Waals surface area contributed by atoms with Gasteiger partial charge in [0.2, 0.25) is 0 Å². The predicted molar refractivity (Wildman–Crippen MR) is 60.1 cm³/mol. The van der Waals surface area contributed by atoms with Gasteiger partial charge in [-0.05, 0) is 30.9 Å². The minimum absolute atomic E-state index is 0.733. The molecule has 2 heteroatoms. The maximum absolute atomic E-state index is 10.6. The summed E-state index contributed by atoms with van der Waals surface area (Å²) in [5.74, 6) is 0.733. The summed E-state index contributed by atoms with van der Waals surface area (Å²) in [6.45, 7) is 0. The third-order valence-electron chi connectivity index (χ3n) is 3.02.